The van der Waals surface area contributed by atoms with Crippen LogP contribution in [-0.2, 0) is 0 Å². The van der Waals surface area contributed by atoms with E-state index in [4.69, 9.17) is 0 Å². The van der Waals surface area contributed by atoms with E-state index in [-0.39, 0.29) is 0 Å². The Bertz CT molecular complexity index is 2950. The highest BCUT2D eigenvalue weighted by atomic mass is 13.5. The van der Waals surface area contributed by atoms with Crippen LogP contribution in [0.4, 0.5) is 0 Å². The van der Waals surface area contributed by atoms with Crippen LogP contribution in [0.2, 0.25) is 0 Å². The van der Waals surface area contributed by atoms with E-state index in [1.807, 2.05) is 0 Å². The van der Waals surface area contributed by atoms with Gasteiger partial charge in [0.15, 0.2) is 0 Å². The van der Waals surface area contributed by atoms with Crippen LogP contribution < -0.4 is 0 Å². The zero-order valence-corrected chi connectivity index (χ0v) is 23.9. The third kappa shape index (κ3) is 35.8. The first kappa shape index (κ1) is 36.8. The van der Waals surface area contributed by atoms with Crippen LogP contribution in [0.5, 0.6) is 0 Å². The highest BCUT2D eigenvalue weighted by molar-refractivity contribution is 4.96. The van der Waals surface area contributed by atoms with Gasteiger partial charge in [-0.3, -0.25) is 0 Å². The van der Waals surface area contributed by atoms with Gasteiger partial charge in [-0.1, -0.05) is 11.5 Å². The molecule has 0 saturated heterocycles. The Kier molecular flexibility index (Phi) is 28.1. The monoisotopic (exact) mass is 568 g/mol. The molecule has 192 valence electrons. The molecule has 0 aliphatic rings. The summed E-state index contributed by atoms with van der Waals surface area (Å²) in [6.45, 7) is 6.62. The van der Waals surface area contributed by atoms with E-state index in [2.05, 4.69) is 271 Å². The van der Waals surface area contributed by atoms with E-state index < -0.39 is 0 Å². The second-order valence-corrected chi connectivity index (χ2v) is 5.73. The largest absolute Gasteiger partial charge is 0.0687 e. The predicted molar refractivity (Wildman–Crippen MR) is 169 cm³/mol. The lowest BCUT2D eigenvalue weighted by Gasteiger charge is -1.41. The van der Waals surface area contributed by atoms with Crippen molar-refractivity contribution in [3.63, 3.8) is 0 Å². The summed E-state index contributed by atoms with van der Waals surface area (Å²) in [5.74, 6) is 0. The van der Waals surface area contributed by atoms with Crippen LogP contribution in [-0.4, -0.2) is 0 Å². The molecular formula is C47H4. The van der Waals surface area contributed by atoms with Gasteiger partial charge in [0.25, 0.3) is 0 Å². The highest BCUT2D eigenvalue weighted by Crippen LogP contribution is 1.61. The first-order chi connectivity index (χ1) is 23.4. The fraction of sp³-hybridized carbons (Fsp3) is 0. The van der Waals surface area contributed by atoms with E-state index in [1.165, 1.54) is 0 Å². The van der Waals surface area contributed by atoms with Crippen LogP contribution in [0.15, 0.2) is 271 Å². The van der Waals surface area contributed by atoms with Crippen LogP contribution in [0.3, 0.4) is 0 Å². The molecule has 0 radical (unpaired) electrons. The van der Waals surface area contributed by atoms with Gasteiger partial charge in [-0.25, -0.2) is 0 Å². The lowest BCUT2D eigenvalue weighted by atomic mass is 10.6. The molecule has 0 heterocycles. The Labute approximate surface area is 270 Å². The number of rotatable bonds is 0. The maximum Gasteiger partial charge on any atom is 0 e. The van der Waals surface area contributed by atoms with E-state index >= 15 is 0 Å². The Morgan fingerprint density at radius 2 is 0.170 bits per heavy atom. The molecule has 0 amide bonds. The second-order valence-electron chi connectivity index (χ2n) is 5.73. The van der Waals surface area contributed by atoms with Gasteiger partial charge in [-0.2, -0.15) is 0 Å². The average Bonchev–Trinajstić information content (AvgIpc) is 3.08. The minimum absolute atomic E-state index is 2.37. The Morgan fingerprint density at radius 1 is 0.106 bits per heavy atom. The molecule has 0 fully saturated rings. The molecule has 0 heteroatoms. The standard InChI is InChI=1S/C47H4/c1-3-5-7-9-11-13-15-17-19-21-23-25-27-29-31-33-35-37-39-41-43-45-47-46-44-42-40-38-36-34-32-30-28-26-24-22-20-18-16-14-12-10-8-6-4-2/h1-2H2. The van der Waals surface area contributed by atoms with Crippen molar-refractivity contribution in [1.29, 1.82) is 0 Å². The molecule has 0 aromatic carbocycles. The van der Waals surface area contributed by atoms with Crippen LogP contribution in [0.1, 0.15) is 0 Å². The van der Waals surface area contributed by atoms with E-state index in [1.54, 1.807) is 0 Å². The fourth-order valence-electron chi connectivity index (χ4n) is 1.37. The molecule has 0 bridgehead atoms. The van der Waals surface area contributed by atoms with Gasteiger partial charge in [0.05, 0.1) is 0 Å². The molecule has 0 atom stereocenters. The molecule has 0 nitrogen and oxygen atoms in total. The van der Waals surface area contributed by atoms with Crippen molar-refractivity contribution in [3.8, 4) is 0 Å². The average molecular weight is 569 g/mol. The summed E-state index contributed by atoms with van der Waals surface area (Å²) in [6.07, 6.45) is 0. The SMILES string of the molecule is C=C=C=C=C=C=C=C=C=C=C=C=C=C=C=C=C=C=C=C=C=C=C=C=C=C=C=C=C=C=C=C=C=C=C=C=C=C=C=C=C=C=C=C=C=C=C. The second kappa shape index (κ2) is 35.8. The maximum atomic E-state index is 3.31. The van der Waals surface area contributed by atoms with Crippen molar-refractivity contribution in [2.45, 2.75) is 0 Å². The summed E-state index contributed by atoms with van der Waals surface area (Å²) >= 11 is 0. The van der Waals surface area contributed by atoms with Gasteiger partial charge in [0.1, 0.15) is 0 Å². The molecule has 0 unspecified atom stereocenters. The maximum absolute atomic E-state index is 3.31. The summed E-state index contributed by atoms with van der Waals surface area (Å²) in [5, 5.41) is 0. The molecule has 0 spiro atoms. The van der Waals surface area contributed by atoms with Crippen molar-refractivity contribution >= 4 is 0 Å². The summed E-state index contributed by atoms with van der Waals surface area (Å²) in [4.78, 5) is 0. The Hall–Kier alpha value is -10.2. The summed E-state index contributed by atoms with van der Waals surface area (Å²) in [5.41, 5.74) is 112. The van der Waals surface area contributed by atoms with Gasteiger partial charge < -0.3 is 0 Å². The van der Waals surface area contributed by atoms with Crippen molar-refractivity contribution < 1.29 is 0 Å². The Balaban J connectivity index is 6.07. The molecule has 0 aromatic rings. The molecule has 0 saturated carbocycles. The zero-order chi connectivity index (χ0) is 33.8. The highest BCUT2D eigenvalue weighted by Gasteiger charge is 1.45. The van der Waals surface area contributed by atoms with Crippen LogP contribution in [0, 0.1) is 0 Å². The number of hydrogen-bond donors (Lipinski definition) is 0. The lowest BCUT2D eigenvalue weighted by molar-refractivity contribution is 2.10. The molecule has 0 rings (SSSR count). The normalized spacial score (nSPS) is 3.91. The van der Waals surface area contributed by atoms with Gasteiger partial charge in [-0.15, -0.1) is 0 Å². The Morgan fingerprint density at radius 3 is 0.234 bits per heavy atom. The van der Waals surface area contributed by atoms with E-state index in [9.17, 15) is 0 Å². The third-order valence-corrected chi connectivity index (χ3v) is 2.80. The smallest absolute Gasteiger partial charge is 0 e. The molecule has 0 aliphatic heterocycles. The number of hydrogen-bond acceptors (Lipinski definition) is 0. The van der Waals surface area contributed by atoms with Crippen LogP contribution in [0.25, 0.3) is 0 Å². The molecule has 0 aromatic heterocycles. The fourth-order valence-corrected chi connectivity index (χ4v) is 1.37. The molecule has 0 aliphatic carbocycles. The first-order valence-corrected chi connectivity index (χ1v) is 11.7. The zero-order valence-electron chi connectivity index (χ0n) is 23.9. The summed E-state index contributed by atoms with van der Waals surface area (Å²) in [6, 6.07) is 0. The van der Waals surface area contributed by atoms with E-state index in [0.29, 0.717) is 0 Å². The minimum Gasteiger partial charge on any atom is -0.0687 e. The van der Waals surface area contributed by atoms with Crippen molar-refractivity contribution in [3.05, 3.63) is 271 Å². The quantitative estimate of drug-likeness (QED) is 0.262. The first-order valence-electron chi connectivity index (χ1n) is 11.7. The molecular weight excluding hydrogens is 565 g/mol. The third-order valence-electron chi connectivity index (χ3n) is 2.80. The lowest BCUT2D eigenvalue weighted by Crippen LogP contribution is -1.26. The van der Waals surface area contributed by atoms with Crippen LogP contribution >= 0.6 is 0 Å². The van der Waals surface area contributed by atoms with Gasteiger partial charge in [-0.05, 0) is 105 Å². The van der Waals surface area contributed by atoms with E-state index in [0.717, 1.165) is 0 Å². The predicted octanol–water partition coefficient (Wildman–Crippen LogP) is 7.78. The van der Waals surface area contributed by atoms with Crippen molar-refractivity contribution in [1.82, 2.24) is 0 Å². The van der Waals surface area contributed by atoms with Gasteiger partial charge >= 0.3 is 0 Å². The van der Waals surface area contributed by atoms with Gasteiger partial charge in [0, 0.05) is 155 Å². The topological polar surface area (TPSA) is 0 Å². The van der Waals surface area contributed by atoms with Crippen molar-refractivity contribution in [2.24, 2.45) is 0 Å². The van der Waals surface area contributed by atoms with Crippen molar-refractivity contribution in [2.75, 3.05) is 0 Å². The summed E-state index contributed by atoms with van der Waals surface area (Å²) in [7, 11) is 0. The molecule has 47 heavy (non-hydrogen) atoms. The minimum atomic E-state index is 2.37. The van der Waals surface area contributed by atoms with Gasteiger partial charge in [0.2, 0.25) is 0 Å². The summed E-state index contributed by atoms with van der Waals surface area (Å²) < 4.78 is 0. The molecule has 0 N–H and O–H groups in total.